The van der Waals surface area contributed by atoms with Gasteiger partial charge in [0.2, 0.25) is 5.91 Å². The zero-order chi connectivity index (χ0) is 19.3. The molecular formula is C19H20FN3O2S. The van der Waals surface area contributed by atoms with E-state index in [9.17, 15) is 14.0 Å². The number of anilines is 2. The largest absolute Gasteiger partial charge is 0.332 e. The summed E-state index contributed by atoms with van der Waals surface area (Å²) in [7, 11) is 0. The van der Waals surface area contributed by atoms with Crippen molar-refractivity contribution in [1.82, 2.24) is 5.32 Å². The molecule has 0 aliphatic heterocycles. The lowest BCUT2D eigenvalue weighted by atomic mass is 9.96. The molecule has 3 N–H and O–H groups in total. The van der Waals surface area contributed by atoms with E-state index in [0.29, 0.717) is 16.9 Å². The Labute approximate surface area is 157 Å². The van der Waals surface area contributed by atoms with Gasteiger partial charge < -0.3 is 16.0 Å². The van der Waals surface area contributed by atoms with Gasteiger partial charge in [-0.15, -0.1) is 0 Å². The van der Waals surface area contributed by atoms with Crippen LogP contribution in [0.3, 0.4) is 0 Å². The third-order valence-electron chi connectivity index (χ3n) is 3.39. The predicted molar refractivity (Wildman–Crippen MR) is 105 cm³/mol. The van der Waals surface area contributed by atoms with Crippen molar-refractivity contribution in [2.45, 2.75) is 20.8 Å². The predicted octanol–water partition coefficient (Wildman–Crippen LogP) is 3.94. The highest BCUT2D eigenvalue weighted by molar-refractivity contribution is 7.80. The fraction of sp³-hybridized carbons (Fsp3) is 0.211. The number of halogens is 1. The second-order valence-corrected chi connectivity index (χ2v) is 7.11. The minimum atomic E-state index is -0.567. The van der Waals surface area contributed by atoms with E-state index in [1.165, 1.54) is 24.3 Å². The van der Waals surface area contributed by atoms with E-state index in [1.807, 2.05) is 0 Å². The quantitative estimate of drug-likeness (QED) is 0.713. The first kappa shape index (κ1) is 19.5. The minimum absolute atomic E-state index is 0.154. The van der Waals surface area contributed by atoms with Crippen LogP contribution in [0.25, 0.3) is 0 Å². The lowest BCUT2D eigenvalue weighted by Gasteiger charge is -2.18. The first-order valence-corrected chi connectivity index (χ1v) is 8.35. The molecule has 0 heterocycles. The molecule has 136 valence electrons. The van der Waals surface area contributed by atoms with Crippen LogP contribution in [-0.2, 0) is 4.79 Å². The molecule has 2 amide bonds. The van der Waals surface area contributed by atoms with Crippen LogP contribution in [0.15, 0.2) is 48.5 Å². The number of amides is 2. The molecule has 26 heavy (non-hydrogen) atoms. The molecule has 5 nitrogen and oxygen atoms in total. The van der Waals surface area contributed by atoms with E-state index in [1.54, 1.807) is 45.0 Å². The van der Waals surface area contributed by atoms with Crippen LogP contribution >= 0.6 is 12.2 Å². The maximum atomic E-state index is 12.9. The Morgan fingerprint density at radius 2 is 1.62 bits per heavy atom. The van der Waals surface area contributed by atoms with Gasteiger partial charge in [-0.25, -0.2) is 4.39 Å². The first-order valence-electron chi connectivity index (χ1n) is 7.94. The fourth-order valence-electron chi connectivity index (χ4n) is 1.93. The first-order chi connectivity index (χ1) is 12.1. The van der Waals surface area contributed by atoms with Crippen molar-refractivity contribution in [2.75, 3.05) is 10.6 Å². The molecule has 0 unspecified atom stereocenters. The maximum Gasteiger partial charge on any atom is 0.255 e. The van der Waals surface area contributed by atoms with Gasteiger partial charge in [-0.1, -0.05) is 26.8 Å². The summed E-state index contributed by atoms with van der Waals surface area (Å²) in [5.41, 5.74) is 0.880. The Kier molecular flexibility index (Phi) is 6.05. The number of carbonyl (C=O) groups is 2. The number of thiocarbonyl (C=S) groups is 1. The summed E-state index contributed by atoms with van der Waals surface area (Å²) in [5.74, 6) is -0.926. The average Bonchev–Trinajstić information content (AvgIpc) is 2.56. The molecule has 2 aromatic carbocycles. The zero-order valence-corrected chi connectivity index (χ0v) is 15.5. The van der Waals surface area contributed by atoms with E-state index in [2.05, 4.69) is 16.0 Å². The van der Waals surface area contributed by atoms with Crippen molar-refractivity contribution in [3.05, 3.63) is 59.9 Å². The Bertz CT molecular complexity index is 829. The summed E-state index contributed by atoms with van der Waals surface area (Å²) >= 11 is 5.13. The third-order valence-corrected chi connectivity index (χ3v) is 3.60. The van der Waals surface area contributed by atoms with Crippen LogP contribution in [0.2, 0.25) is 0 Å². The molecule has 0 atom stereocenters. The highest BCUT2D eigenvalue weighted by atomic mass is 32.1. The molecule has 0 fully saturated rings. The second kappa shape index (κ2) is 8.05. The molecule has 0 radical (unpaired) electrons. The number of benzene rings is 2. The second-order valence-electron chi connectivity index (χ2n) is 6.70. The maximum absolute atomic E-state index is 12.9. The Hall–Kier alpha value is -2.80. The lowest BCUT2D eigenvalue weighted by Crippen LogP contribution is -2.41. The molecule has 0 spiro atoms. The van der Waals surface area contributed by atoms with Gasteiger partial charge in [-0.2, -0.15) is 0 Å². The van der Waals surface area contributed by atoms with Crippen LogP contribution in [0, 0.1) is 11.2 Å². The molecule has 0 saturated carbocycles. The zero-order valence-electron chi connectivity index (χ0n) is 14.7. The van der Waals surface area contributed by atoms with Crippen molar-refractivity contribution in [3.63, 3.8) is 0 Å². The van der Waals surface area contributed by atoms with Crippen LogP contribution in [0.1, 0.15) is 31.1 Å². The van der Waals surface area contributed by atoms with Crippen LogP contribution in [0.4, 0.5) is 15.8 Å². The van der Waals surface area contributed by atoms with E-state index in [0.717, 1.165) is 0 Å². The highest BCUT2D eigenvalue weighted by Crippen LogP contribution is 2.15. The third kappa shape index (κ3) is 5.63. The lowest BCUT2D eigenvalue weighted by molar-refractivity contribution is -0.126. The summed E-state index contributed by atoms with van der Waals surface area (Å²) < 4.78 is 12.9. The molecule has 0 bridgehead atoms. The van der Waals surface area contributed by atoms with Crippen molar-refractivity contribution in [3.8, 4) is 0 Å². The smallest absolute Gasteiger partial charge is 0.255 e. The van der Waals surface area contributed by atoms with Crippen LogP contribution in [0.5, 0.6) is 0 Å². The van der Waals surface area contributed by atoms with Gasteiger partial charge in [-0.05, 0) is 54.7 Å². The number of carbonyl (C=O) groups excluding carboxylic acids is 2. The molecule has 0 saturated heterocycles. The van der Waals surface area contributed by atoms with Gasteiger partial charge in [0.05, 0.1) is 0 Å². The van der Waals surface area contributed by atoms with Gasteiger partial charge in [0.15, 0.2) is 5.11 Å². The number of nitrogens with one attached hydrogen (secondary N) is 3. The fourth-order valence-corrected chi connectivity index (χ4v) is 2.14. The standard InChI is InChI=1S/C19H20FN3O2S/c1-19(2,3)17(25)23-18(26)22-15-6-4-5-12(11-15)16(24)21-14-9-7-13(20)8-10-14/h4-11H,1-3H3,(H,21,24)(H2,22,23,25,26). The van der Waals surface area contributed by atoms with E-state index < -0.39 is 5.41 Å². The minimum Gasteiger partial charge on any atom is -0.332 e. The normalized spacial score (nSPS) is 10.8. The Morgan fingerprint density at radius 3 is 2.23 bits per heavy atom. The Morgan fingerprint density at radius 1 is 0.962 bits per heavy atom. The van der Waals surface area contributed by atoms with Crippen molar-refractivity contribution in [1.29, 1.82) is 0 Å². The van der Waals surface area contributed by atoms with Crippen molar-refractivity contribution < 1.29 is 14.0 Å². The molecular weight excluding hydrogens is 353 g/mol. The number of hydrogen-bond donors (Lipinski definition) is 3. The average molecular weight is 373 g/mol. The monoisotopic (exact) mass is 373 g/mol. The summed E-state index contributed by atoms with van der Waals surface area (Å²) in [6, 6.07) is 12.2. The van der Waals surface area contributed by atoms with Gasteiger partial charge in [0.25, 0.3) is 5.91 Å². The molecule has 2 aromatic rings. The van der Waals surface area contributed by atoms with E-state index >= 15 is 0 Å². The molecule has 0 aromatic heterocycles. The van der Waals surface area contributed by atoms with Gasteiger partial charge in [-0.3, -0.25) is 9.59 Å². The SMILES string of the molecule is CC(C)(C)C(=O)NC(=S)Nc1cccc(C(=O)Nc2ccc(F)cc2)c1. The molecule has 2 rings (SSSR count). The summed E-state index contributed by atoms with van der Waals surface area (Å²) in [4.78, 5) is 24.2. The van der Waals surface area contributed by atoms with Crippen molar-refractivity contribution in [2.24, 2.45) is 5.41 Å². The Balaban J connectivity index is 2.02. The van der Waals surface area contributed by atoms with Crippen molar-refractivity contribution >= 4 is 40.5 Å². The molecule has 0 aliphatic carbocycles. The highest BCUT2D eigenvalue weighted by Gasteiger charge is 2.22. The summed E-state index contributed by atoms with van der Waals surface area (Å²) in [5, 5.41) is 8.32. The van der Waals surface area contributed by atoms with Gasteiger partial charge >= 0.3 is 0 Å². The van der Waals surface area contributed by atoms with Gasteiger partial charge in [0, 0.05) is 22.4 Å². The number of hydrogen-bond acceptors (Lipinski definition) is 3. The van der Waals surface area contributed by atoms with E-state index in [-0.39, 0.29) is 22.7 Å². The number of rotatable bonds is 3. The van der Waals surface area contributed by atoms with E-state index in [4.69, 9.17) is 12.2 Å². The summed E-state index contributed by atoms with van der Waals surface area (Å²) in [6.07, 6.45) is 0. The summed E-state index contributed by atoms with van der Waals surface area (Å²) in [6.45, 7) is 5.35. The van der Waals surface area contributed by atoms with Crippen LogP contribution < -0.4 is 16.0 Å². The molecule has 7 heteroatoms. The molecule has 0 aliphatic rings. The van der Waals surface area contributed by atoms with Crippen LogP contribution in [-0.4, -0.2) is 16.9 Å². The topological polar surface area (TPSA) is 70.2 Å². The van der Waals surface area contributed by atoms with Gasteiger partial charge in [0.1, 0.15) is 5.82 Å².